The van der Waals surface area contributed by atoms with Crippen LogP contribution in [0.2, 0.25) is 0 Å². The van der Waals surface area contributed by atoms with E-state index in [9.17, 15) is 9.59 Å². The molecule has 2 saturated carbocycles. The number of ketones is 1. The van der Waals surface area contributed by atoms with Gasteiger partial charge in [0.1, 0.15) is 0 Å². The highest BCUT2D eigenvalue weighted by Crippen LogP contribution is 2.63. The Hall–Kier alpha value is -2.88. The topological polar surface area (TPSA) is 49.4 Å². The number of hydrogen-bond donors (Lipinski definition) is 1. The summed E-state index contributed by atoms with van der Waals surface area (Å²) in [5.41, 5.74) is 3.67. The minimum absolute atomic E-state index is 0.0484. The van der Waals surface area contributed by atoms with Crippen LogP contribution in [0.1, 0.15) is 75.8 Å². The van der Waals surface area contributed by atoms with Gasteiger partial charge in [-0.25, -0.2) is 4.79 Å². The third-order valence-corrected chi connectivity index (χ3v) is 10.6. The zero-order chi connectivity index (χ0) is 25.6. The van der Waals surface area contributed by atoms with Gasteiger partial charge in [-0.2, -0.15) is 0 Å². The first-order valence-electron chi connectivity index (χ1n) is 14.3. The molecule has 0 spiro atoms. The van der Waals surface area contributed by atoms with Crippen molar-refractivity contribution in [2.24, 2.45) is 28.6 Å². The van der Waals surface area contributed by atoms with Crippen LogP contribution in [0.5, 0.6) is 0 Å². The first kappa shape index (κ1) is 24.5. The number of benzene rings is 2. The Morgan fingerprint density at radius 3 is 2.30 bits per heavy atom. The maximum atomic E-state index is 14.0. The number of hydrogen-bond acceptors (Lipinski definition) is 2. The van der Waals surface area contributed by atoms with E-state index in [0.29, 0.717) is 36.1 Å². The van der Waals surface area contributed by atoms with Crippen molar-refractivity contribution in [3.63, 3.8) is 0 Å². The molecule has 6 rings (SSSR count). The number of rotatable bonds is 4. The molecule has 0 bridgehead atoms. The van der Waals surface area contributed by atoms with Crippen molar-refractivity contribution in [2.75, 3.05) is 13.1 Å². The van der Waals surface area contributed by atoms with Crippen LogP contribution in [0.4, 0.5) is 4.79 Å². The number of carbonyl (C=O) groups excluding carboxylic acids is 2. The number of amides is 2. The second-order valence-electron chi connectivity index (χ2n) is 12.5. The van der Waals surface area contributed by atoms with Crippen LogP contribution in [0.15, 0.2) is 72.4 Å². The normalized spacial score (nSPS) is 32.8. The number of carbonyl (C=O) groups is 2. The van der Waals surface area contributed by atoms with Gasteiger partial charge in [-0.3, -0.25) is 9.69 Å². The maximum Gasteiger partial charge on any atom is 0.321 e. The first-order chi connectivity index (χ1) is 17.9. The molecule has 3 fully saturated rings. The van der Waals surface area contributed by atoms with Crippen molar-refractivity contribution in [3.8, 4) is 0 Å². The standard InChI is InChI=1S/C33H40N2O2/c1-32-17-9-14-28(32)27-22-35(30-20-25(36)15-19-33(30,2)29(27)16-18-32)31(37)34-21-26(23-10-5-3-6-11-23)24-12-7-4-8-13-24/h3-8,10-13,20,26-29H,9,14-19,21-22H2,1-2H3,(H,34,37)/t27-,28-,29-,32-,33+/m0/s1. The number of allylic oxidation sites excluding steroid dienone is 2. The van der Waals surface area contributed by atoms with Gasteiger partial charge in [0, 0.05) is 42.6 Å². The molecule has 0 radical (unpaired) electrons. The SMILES string of the molecule is C[C@@]12CCC[C@H]1[C@@H]1CN(C(=O)NCC(c3ccccc3)c3ccccc3)C3=CC(=O)CC[C@]3(C)[C@H]1CC2. The van der Waals surface area contributed by atoms with Gasteiger partial charge in [-0.15, -0.1) is 0 Å². The molecular weight excluding hydrogens is 456 g/mol. The van der Waals surface area contributed by atoms with Gasteiger partial charge in [0.05, 0.1) is 0 Å². The predicted octanol–water partition coefficient (Wildman–Crippen LogP) is 6.93. The monoisotopic (exact) mass is 496 g/mol. The zero-order valence-electron chi connectivity index (χ0n) is 22.3. The fraction of sp³-hybridized carbons (Fsp3) is 0.515. The van der Waals surface area contributed by atoms with Gasteiger partial charge in [0.15, 0.2) is 5.78 Å². The summed E-state index contributed by atoms with van der Waals surface area (Å²) in [5.74, 6) is 2.00. The second kappa shape index (κ2) is 9.45. The minimum Gasteiger partial charge on any atom is -0.337 e. The van der Waals surface area contributed by atoms with E-state index >= 15 is 0 Å². The number of likely N-dealkylation sites (tertiary alicyclic amines) is 1. The average Bonchev–Trinajstić information content (AvgIpc) is 3.32. The lowest BCUT2D eigenvalue weighted by Gasteiger charge is -2.59. The molecule has 2 aromatic rings. The molecule has 0 aromatic heterocycles. The first-order valence-corrected chi connectivity index (χ1v) is 14.3. The Bertz CT molecular complexity index is 1150. The van der Waals surface area contributed by atoms with Crippen LogP contribution in [-0.4, -0.2) is 29.8 Å². The highest BCUT2D eigenvalue weighted by Gasteiger charge is 2.58. The Labute approximate surface area is 221 Å². The van der Waals surface area contributed by atoms with Gasteiger partial charge < -0.3 is 5.32 Å². The summed E-state index contributed by atoms with van der Waals surface area (Å²) in [7, 11) is 0. The fourth-order valence-electron chi connectivity index (χ4n) is 8.57. The summed E-state index contributed by atoms with van der Waals surface area (Å²) in [6.07, 6.45) is 9.70. The van der Waals surface area contributed by atoms with E-state index in [-0.39, 0.29) is 23.1 Å². The molecule has 2 amide bonds. The molecule has 1 heterocycles. The lowest BCUT2D eigenvalue weighted by molar-refractivity contribution is -0.118. The number of nitrogens with zero attached hydrogens (tertiary/aromatic N) is 1. The number of nitrogens with one attached hydrogen (secondary N) is 1. The molecule has 5 atom stereocenters. The quantitative estimate of drug-likeness (QED) is 0.499. The molecule has 2 aromatic carbocycles. The Balaban J connectivity index is 1.29. The van der Waals surface area contributed by atoms with Crippen LogP contribution in [0.3, 0.4) is 0 Å². The van der Waals surface area contributed by atoms with E-state index in [1.165, 1.54) is 43.2 Å². The summed E-state index contributed by atoms with van der Waals surface area (Å²) < 4.78 is 0. The lowest BCUT2D eigenvalue weighted by Crippen LogP contribution is -2.59. The van der Waals surface area contributed by atoms with Gasteiger partial charge in [0.25, 0.3) is 0 Å². The Morgan fingerprint density at radius 1 is 0.946 bits per heavy atom. The van der Waals surface area contributed by atoms with Crippen molar-refractivity contribution in [1.29, 1.82) is 0 Å². The van der Waals surface area contributed by atoms with E-state index in [1.54, 1.807) is 0 Å². The molecule has 3 aliphatic carbocycles. The van der Waals surface area contributed by atoms with Crippen LogP contribution >= 0.6 is 0 Å². The van der Waals surface area contributed by atoms with Gasteiger partial charge in [-0.1, -0.05) is 80.9 Å². The van der Waals surface area contributed by atoms with Crippen LogP contribution < -0.4 is 5.32 Å². The molecule has 1 saturated heterocycles. The van der Waals surface area contributed by atoms with E-state index < -0.39 is 0 Å². The summed E-state index contributed by atoms with van der Waals surface area (Å²) >= 11 is 0. The second-order valence-corrected chi connectivity index (χ2v) is 12.5. The predicted molar refractivity (Wildman–Crippen MR) is 147 cm³/mol. The molecular formula is C33H40N2O2. The van der Waals surface area contributed by atoms with Gasteiger partial charge in [0.2, 0.25) is 0 Å². The van der Waals surface area contributed by atoms with E-state index in [0.717, 1.165) is 18.7 Å². The van der Waals surface area contributed by atoms with Crippen molar-refractivity contribution in [3.05, 3.63) is 83.6 Å². The molecule has 4 aliphatic rings. The van der Waals surface area contributed by atoms with Crippen molar-refractivity contribution < 1.29 is 9.59 Å². The van der Waals surface area contributed by atoms with Crippen LogP contribution in [-0.2, 0) is 4.79 Å². The number of urea groups is 1. The van der Waals surface area contributed by atoms with E-state index in [1.807, 2.05) is 23.1 Å². The fourth-order valence-corrected chi connectivity index (χ4v) is 8.57. The molecule has 4 heteroatoms. The summed E-state index contributed by atoms with van der Waals surface area (Å²) in [4.78, 5) is 28.6. The van der Waals surface area contributed by atoms with Crippen LogP contribution in [0, 0.1) is 28.6 Å². The van der Waals surface area contributed by atoms with Crippen molar-refractivity contribution in [1.82, 2.24) is 10.2 Å². The third kappa shape index (κ3) is 4.23. The van der Waals surface area contributed by atoms with E-state index in [2.05, 4.69) is 67.7 Å². The summed E-state index contributed by atoms with van der Waals surface area (Å²) in [5, 5.41) is 3.31. The van der Waals surface area contributed by atoms with Gasteiger partial charge >= 0.3 is 6.03 Å². The summed E-state index contributed by atoms with van der Waals surface area (Å²) in [6.45, 7) is 6.10. The highest BCUT2D eigenvalue weighted by molar-refractivity contribution is 5.92. The molecule has 194 valence electrons. The number of fused-ring (bicyclic) bond motifs is 5. The van der Waals surface area contributed by atoms with Crippen molar-refractivity contribution in [2.45, 2.75) is 64.7 Å². The van der Waals surface area contributed by atoms with Crippen molar-refractivity contribution >= 4 is 11.8 Å². The Morgan fingerprint density at radius 2 is 1.62 bits per heavy atom. The van der Waals surface area contributed by atoms with Crippen LogP contribution in [0.25, 0.3) is 0 Å². The third-order valence-electron chi connectivity index (χ3n) is 10.6. The molecule has 0 unspecified atom stereocenters. The zero-order valence-corrected chi connectivity index (χ0v) is 22.3. The molecule has 37 heavy (non-hydrogen) atoms. The van der Waals surface area contributed by atoms with E-state index in [4.69, 9.17) is 0 Å². The van der Waals surface area contributed by atoms with Gasteiger partial charge in [-0.05, 0) is 66.4 Å². The summed E-state index contributed by atoms with van der Waals surface area (Å²) in [6, 6.07) is 20.8. The lowest BCUT2D eigenvalue weighted by atomic mass is 9.50. The average molecular weight is 497 g/mol. The largest absolute Gasteiger partial charge is 0.337 e. The maximum absolute atomic E-state index is 14.0. The highest BCUT2D eigenvalue weighted by atomic mass is 16.2. The molecule has 4 nitrogen and oxygen atoms in total. The smallest absolute Gasteiger partial charge is 0.321 e. The Kier molecular flexibility index (Phi) is 6.25. The molecule has 1 N–H and O–H groups in total. The molecule has 1 aliphatic heterocycles. The number of piperidine rings is 1. The minimum atomic E-state index is -0.101.